The second-order valence-corrected chi connectivity index (χ2v) is 6.78. The molecule has 2 heterocycles. The molecule has 0 fully saturated rings. The SMILES string of the molecule is Cc1ccc(C(C)CCC(C)c2ccc(C(C)C)cn2)cn1. The summed E-state index contributed by atoms with van der Waals surface area (Å²) in [5.74, 6) is 1.60. The molecule has 0 aliphatic rings. The van der Waals surface area contributed by atoms with Crippen LogP contribution in [0.15, 0.2) is 36.7 Å². The molecule has 0 radical (unpaired) electrons. The molecule has 2 aromatic heterocycles. The van der Waals surface area contributed by atoms with E-state index in [4.69, 9.17) is 0 Å². The Morgan fingerprint density at radius 2 is 1.41 bits per heavy atom. The number of aromatic nitrogens is 2. The van der Waals surface area contributed by atoms with Crippen molar-refractivity contribution in [3.8, 4) is 0 Å². The minimum absolute atomic E-state index is 0.502. The van der Waals surface area contributed by atoms with E-state index in [0.717, 1.165) is 12.1 Å². The van der Waals surface area contributed by atoms with Crippen molar-refractivity contribution in [2.75, 3.05) is 0 Å². The molecule has 0 aromatic carbocycles. The van der Waals surface area contributed by atoms with E-state index in [1.807, 2.05) is 19.3 Å². The van der Waals surface area contributed by atoms with Crippen LogP contribution in [0.25, 0.3) is 0 Å². The Morgan fingerprint density at radius 3 is 1.95 bits per heavy atom. The van der Waals surface area contributed by atoms with Gasteiger partial charge in [-0.25, -0.2) is 0 Å². The molecule has 2 atom stereocenters. The van der Waals surface area contributed by atoms with Crippen LogP contribution in [0.2, 0.25) is 0 Å². The largest absolute Gasteiger partial charge is 0.261 e. The van der Waals surface area contributed by atoms with Gasteiger partial charge in [0.1, 0.15) is 0 Å². The minimum atomic E-state index is 0.502. The number of aryl methyl sites for hydroxylation is 1. The number of hydrogen-bond acceptors (Lipinski definition) is 2. The number of nitrogens with zero attached hydrogens (tertiary/aromatic N) is 2. The van der Waals surface area contributed by atoms with Crippen molar-refractivity contribution in [3.05, 3.63) is 59.2 Å². The van der Waals surface area contributed by atoms with Crippen LogP contribution >= 0.6 is 0 Å². The molecule has 118 valence electrons. The molecule has 22 heavy (non-hydrogen) atoms. The second kappa shape index (κ2) is 7.53. The molecule has 0 amide bonds. The summed E-state index contributed by atoms with van der Waals surface area (Å²) in [5, 5.41) is 0. The molecule has 0 bridgehead atoms. The van der Waals surface area contributed by atoms with E-state index >= 15 is 0 Å². The highest BCUT2D eigenvalue weighted by atomic mass is 14.7. The number of rotatable bonds is 6. The Bertz CT molecular complexity index is 570. The molecule has 0 N–H and O–H groups in total. The Labute approximate surface area is 135 Å². The van der Waals surface area contributed by atoms with E-state index in [-0.39, 0.29) is 0 Å². The fourth-order valence-corrected chi connectivity index (χ4v) is 2.64. The van der Waals surface area contributed by atoms with Crippen molar-refractivity contribution in [1.82, 2.24) is 9.97 Å². The molecule has 2 rings (SSSR count). The zero-order valence-corrected chi connectivity index (χ0v) is 14.5. The topological polar surface area (TPSA) is 25.8 Å². The van der Waals surface area contributed by atoms with Crippen LogP contribution in [0.1, 0.15) is 80.8 Å². The molecule has 0 aliphatic heterocycles. The van der Waals surface area contributed by atoms with Crippen molar-refractivity contribution >= 4 is 0 Å². The van der Waals surface area contributed by atoms with Gasteiger partial charge in [0, 0.05) is 23.8 Å². The van der Waals surface area contributed by atoms with Crippen molar-refractivity contribution in [1.29, 1.82) is 0 Å². The zero-order chi connectivity index (χ0) is 16.1. The third-order valence-corrected chi connectivity index (χ3v) is 4.52. The summed E-state index contributed by atoms with van der Waals surface area (Å²) >= 11 is 0. The van der Waals surface area contributed by atoms with Crippen LogP contribution in [-0.4, -0.2) is 9.97 Å². The monoisotopic (exact) mass is 296 g/mol. The normalized spacial score (nSPS) is 14.1. The molecule has 0 saturated heterocycles. The first-order valence-electron chi connectivity index (χ1n) is 8.35. The van der Waals surface area contributed by atoms with Crippen molar-refractivity contribution < 1.29 is 0 Å². The summed E-state index contributed by atoms with van der Waals surface area (Å²) in [6.45, 7) is 11.0. The van der Waals surface area contributed by atoms with Gasteiger partial charge >= 0.3 is 0 Å². The van der Waals surface area contributed by atoms with Crippen LogP contribution in [0.4, 0.5) is 0 Å². The van der Waals surface area contributed by atoms with Gasteiger partial charge in [-0.2, -0.15) is 0 Å². The maximum Gasteiger partial charge on any atom is 0.0431 e. The van der Waals surface area contributed by atoms with Gasteiger partial charge in [0.25, 0.3) is 0 Å². The lowest BCUT2D eigenvalue weighted by Gasteiger charge is -2.16. The molecule has 0 spiro atoms. The predicted octanol–water partition coefficient (Wildman–Crippen LogP) is 5.60. The third kappa shape index (κ3) is 4.40. The lowest BCUT2D eigenvalue weighted by atomic mass is 9.91. The summed E-state index contributed by atoms with van der Waals surface area (Å²) in [5.41, 5.74) is 4.94. The average Bonchev–Trinajstić information content (AvgIpc) is 2.53. The van der Waals surface area contributed by atoms with Gasteiger partial charge in [0.15, 0.2) is 0 Å². The zero-order valence-electron chi connectivity index (χ0n) is 14.5. The van der Waals surface area contributed by atoms with Gasteiger partial charge in [-0.3, -0.25) is 9.97 Å². The standard InChI is InChI=1S/C20H28N2/c1-14(2)18-10-11-20(22-12-18)16(4)7-6-15(3)19-9-8-17(5)21-13-19/h8-16H,6-7H2,1-5H3. The molecular weight excluding hydrogens is 268 g/mol. The van der Waals surface area contributed by atoms with Crippen LogP contribution in [0.5, 0.6) is 0 Å². The Morgan fingerprint density at radius 1 is 0.773 bits per heavy atom. The first-order valence-corrected chi connectivity index (χ1v) is 8.35. The van der Waals surface area contributed by atoms with Crippen molar-refractivity contribution in [2.24, 2.45) is 0 Å². The summed E-state index contributed by atoms with van der Waals surface area (Å²) in [4.78, 5) is 9.05. The summed E-state index contributed by atoms with van der Waals surface area (Å²) in [7, 11) is 0. The van der Waals surface area contributed by atoms with Crippen LogP contribution in [0.3, 0.4) is 0 Å². The fraction of sp³-hybridized carbons (Fsp3) is 0.500. The average molecular weight is 296 g/mol. The maximum atomic E-state index is 4.65. The van der Waals surface area contributed by atoms with E-state index in [0.29, 0.717) is 17.8 Å². The van der Waals surface area contributed by atoms with Crippen LogP contribution in [0, 0.1) is 6.92 Å². The summed E-state index contributed by atoms with van der Waals surface area (Å²) in [6.07, 6.45) is 6.37. The highest BCUT2D eigenvalue weighted by molar-refractivity contribution is 5.20. The number of pyridine rings is 2. The van der Waals surface area contributed by atoms with Gasteiger partial charge in [-0.1, -0.05) is 39.8 Å². The third-order valence-electron chi connectivity index (χ3n) is 4.52. The quantitative estimate of drug-likeness (QED) is 0.693. The fourth-order valence-electron chi connectivity index (χ4n) is 2.64. The molecule has 2 nitrogen and oxygen atoms in total. The highest BCUT2D eigenvalue weighted by Crippen LogP contribution is 2.27. The summed E-state index contributed by atoms with van der Waals surface area (Å²) in [6, 6.07) is 8.71. The second-order valence-electron chi connectivity index (χ2n) is 6.78. The van der Waals surface area contributed by atoms with E-state index in [9.17, 15) is 0 Å². The van der Waals surface area contributed by atoms with E-state index < -0.39 is 0 Å². The lowest BCUT2D eigenvalue weighted by molar-refractivity contribution is 0.564. The Hall–Kier alpha value is -1.70. The Kier molecular flexibility index (Phi) is 5.70. The lowest BCUT2D eigenvalue weighted by Crippen LogP contribution is -2.02. The molecular formula is C20H28N2. The molecule has 0 saturated carbocycles. The highest BCUT2D eigenvalue weighted by Gasteiger charge is 2.12. The van der Waals surface area contributed by atoms with E-state index in [1.165, 1.54) is 23.2 Å². The van der Waals surface area contributed by atoms with Crippen LogP contribution in [-0.2, 0) is 0 Å². The Balaban J connectivity index is 1.91. The first-order chi connectivity index (χ1) is 10.5. The van der Waals surface area contributed by atoms with E-state index in [2.05, 4.69) is 61.9 Å². The minimum Gasteiger partial charge on any atom is -0.261 e. The molecule has 2 unspecified atom stereocenters. The first kappa shape index (κ1) is 16.7. The van der Waals surface area contributed by atoms with Gasteiger partial charge < -0.3 is 0 Å². The molecule has 2 heteroatoms. The smallest absolute Gasteiger partial charge is 0.0431 e. The van der Waals surface area contributed by atoms with Crippen LogP contribution < -0.4 is 0 Å². The number of hydrogen-bond donors (Lipinski definition) is 0. The van der Waals surface area contributed by atoms with Gasteiger partial charge in [-0.15, -0.1) is 0 Å². The van der Waals surface area contributed by atoms with Gasteiger partial charge in [-0.05, 0) is 60.8 Å². The molecule has 2 aromatic rings. The maximum absolute atomic E-state index is 4.65. The predicted molar refractivity (Wildman–Crippen MR) is 93.4 cm³/mol. The summed E-state index contributed by atoms with van der Waals surface area (Å²) < 4.78 is 0. The van der Waals surface area contributed by atoms with Crippen molar-refractivity contribution in [2.45, 2.75) is 65.2 Å². The molecule has 0 aliphatic carbocycles. The van der Waals surface area contributed by atoms with Gasteiger partial charge in [0.05, 0.1) is 0 Å². The van der Waals surface area contributed by atoms with Gasteiger partial charge in [0.2, 0.25) is 0 Å². The van der Waals surface area contributed by atoms with Crippen molar-refractivity contribution in [3.63, 3.8) is 0 Å². The van der Waals surface area contributed by atoms with E-state index in [1.54, 1.807) is 0 Å².